The molecule has 0 saturated carbocycles. The molecule has 0 aromatic heterocycles. The van der Waals surface area contributed by atoms with E-state index in [1.165, 1.54) is 58.8 Å². The first-order valence-corrected chi connectivity index (χ1v) is 7.86. The largest absolute Gasteiger partial charge is 0.316 e. The predicted octanol–water partition coefficient (Wildman–Crippen LogP) is 1.90. The molecule has 0 bridgehead atoms. The Labute approximate surface area is 114 Å². The van der Waals surface area contributed by atoms with Crippen LogP contribution in [0.2, 0.25) is 0 Å². The molecular weight excluding hydrogens is 222 g/mol. The SMILES string of the molecule is CCN(CC)CCCN(CC)CC1CNCC1C. The fourth-order valence-corrected chi connectivity index (χ4v) is 2.88. The van der Waals surface area contributed by atoms with Gasteiger partial charge in [0, 0.05) is 6.54 Å². The summed E-state index contributed by atoms with van der Waals surface area (Å²) in [6, 6.07) is 0. The lowest BCUT2D eigenvalue weighted by Gasteiger charge is -2.27. The maximum absolute atomic E-state index is 3.51. The fraction of sp³-hybridized carbons (Fsp3) is 1.00. The Bertz CT molecular complexity index is 204. The molecule has 1 saturated heterocycles. The van der Waals surface area contributed by atoms with Crippen LogP contribution in [0.1, 0.15) is 34.1 Å². The van der Waals surface area contributed by atoms with Gasteiger partial charge in [0.05, 0.1) is 0 Å². The van der Waals surface area contributed by atoms with Crippen LogP contribution >= 0.6 is 0 Å². The van der Waals surface area contributed by atoms with Crippen molar-refractivity contribution in [2.24, 2.45) is 11.8 Å². The van der Waals surface area contributed by atoms with Crippen molar-refractivity contribution in [2.75, 3.05) is 52.4 Å². The molecule has 1 N–H and O–H groups in total. The highest BCUT2D eigenvalue weighted by Crippen LogP contribution is 2.17. The smallest absolute Gasteiger partial charge is 0.00247 e. The second-order valence-electron chi connectivity index (χ2n) is 5.67. The zero-order valence-electron chi connectivity index (χ0n) is 12.9. The van der Waals surface area contributed by atoms with Gasteiger partial charge in [-0.05, 0) is 64.1 Å². The van der Waals surface area contributed by atoms with E-state index in [-0.39, 0.29) is 0 Å². The lowest BCUT2D eigenvalue weighted by atomic mass is 9.97. The average Bonchev–Trinajstić information content (AvgIpc) is 2.79. The molecule has 1 aliphatic heterocycles. The maximum atomic E-state index is 3.51. The van der Waals surface area contributed by atoms with Gasteiger partial charge in [0.2, 0.25) is 0 Å². The van der Waals surface area contributed by atoms with Crippen LogP contribution in [0.4, 0.5) is 0 Å². The minimum atomic E-state index is 0.849. The van der Waals surface area contributed by atoms with E-state index in [0.29, 0.717) is 0 Å². The Morgan fingerprint density at radius 2 is 1.56 bits per heavy atom. The number of hydrogen-bond acceptors (Lipinski definition) is 3. The highest BCUT2D eigenvalue weighted by atomic mass is 15.1. The molecule has 18 heavy (non-hydrogen) atoms. The van der Waals surface area contributed by atoms with E-state index < -0.39 is 0 Å². The molecule has 1 aliphatic rings. The summed E-state index contributed by atoms with van der Waals surface area (Å²) in [5.41, 5.74) is 0. The minimum absolute atomic E-state index is 0.849. The van der Waals surface area contributed by atoms with Crippen LogP contribution in [0, 0.1) is 11.8 Å². The highest BCUT2D eigenvalue weighted by molar-refractivity contribution is 4.80. The third-order valence-corrected chi connectivity index (χ3v) is 4.46. The molecule has 0 radical (unpaired) electrons. The molecule has 2 atom stereocenters. The molecule has 1 rings (SSSR count). The molecule has 0 aromatic carbocycles. The van der Waals surface area contributed by atoms with Crippen LogP contribution < -0.4 is 5.32 Å². The lowest BCUT2D eigenvalue weighted by Crippen LogP contribution is -2.35. The van der Waals surface area contributed by atoms with Gasteiger partial charge in [-0.15, -0.1) is 0 Å². The first-order valence-electron chi connectivity index (χ1n) is 7.86. The molecule has 3 nitrogen and oxygen atoms in total. The monoisotopic (exact) mass is 255 g/mol. The zero-order valence-corrected chi connectivity index (χ0v) is 12.9. The van der Waals surface area contributed by atoms with Gasteiger partial charge in [0.25, 0.3) is 0 Å². The van der Waals surface area contributed by atoms with Crippen molar-refractivity contribution >= 4 is 0 Å². The van der Waals surface area contributed by atoms with Gasteiger partial charge < -0.3 is 15.1 Å². The molecular formula is C15H33N3. The Balaban J connectivity index is 2.20. The Morgan fingerprint density at radius 3 is 2.06 bits per heavy atom. The van der Waals surface area contributed by atoms with Crippen molar-refractivity contribution in [1.29, 1.82) is 0 Å². The summed E-state index contributed by atoms with van der Waals surface area (Å²) in [6.07, 6.45) is 1.31. The molecule has 0 spiro atoms. The van der Waals surface area contributed by atoms with Crippen LogP contribution in [0.3, 0.4) is 0 Å². The summed E-state index contributed by atoms with van der Waals surface area (Å²) in [5.74, 6) is 1.71. The van der Waals surface area contributed by atoms with Gasteiger partial charge >= 0.3 is 0 Å². The van der Waals surface area contributed by atoms with Crippen LogP contribution in [-0.2, 0) is 0 Å². The quantitative estimate of drug-likeness (QED) is 0.679. The van der Waals surface area contributed by atoms with Crippen molar-refractivity contribution in [1.82, 2.24) is 15.1 Å². The van der Waals surface area contributed by atoms with Crippen LogP contribution in [0.15, 0.2) is 0 Å². The molecule has 3 heteroatoms. The molecule has 0 aliphatic carbocycles. The van der Waals surface area contributed by atoms with E-state index in [4.69, 9.17) is 0 Å². The molecule has 2 unspecified atom stereocenters. The van der Waals surface area contributed by atoms with Crippen LogP contribution in [0.25, 0.3) is 0 Å². The Kier molecular flexibility index (Phi) is 7.87. The van der Waals surface area contributed by atoms with Crippen molar-refractivity contribution in [3.8, 4) is 0 Å². The Hall–Kier alpha value is -0.120. The van der Waals surface area contributed by atoms with Crippen molar-refractivity contribution in [3.05, 3.63) is 0 Å². The second kappa shape index (κ2) is 8.89. The predicted molar refractivity (Wildman–Crippen MR) is 80.0 cm³/mol. The number of nitrogens with one attached hydrogen (secondary N) is 1. The van der Waals surface area contributed by atoms with E-state index in [2.05, 4.69) is 42.8 Å². The summed E-state index contributed by atoms with van der Waals surface area (Å²) in [6.45, 7) is 19.0. The van der Waals surface area contributed by atoms with E-state index in [1.54, 1.807) is 0 Å². The second-order valence-corrected chi connectivity index (χ2v) is 5.67. The summed E-state index contributed by atoms with van der Waals surface area (Å²) in [5, 5.41) is 3.51. The zero-order chi connectivity index (χ0) is 13.4. The summed E-state index contributed by atoms with van der Waals surface area (Å²) in [7, 11) is 0. The van der Waals surface area contributed by atoms with Crippen LogP contribution in [-0.4, -0.2) is 62.2 Å². The molecule has 0 aromatic rings. The lowest BCUT2D eigenvalue weighted by molar-refractivity contribution is 0.208. The number of rotatable bonds is 9. The molecule has 108 valence electrons. The maximum Gasteiger partial charge on any atom is 0.00247 e. The number of hydrogen-bond donors (Lipinski definition) is 1. The first-order chi connectivity index (χ1) is 8.71. The third kappa shape index (κ3) is 5.25. The van der Waals surface area contributed by atoms with E-state index in [0.717, 1.165) is 11.8 Å². The third-order valence-electron chi connectivity index (χ3n) is 4.46. The van der Waals surface area contributed by atoms with Crippen LogP contribution in [0.5, 0.6) is 0 Å². The fourth-order valence-electron chi connectivity index (χ4n) is 2.88. The Morgan fingerprint density at radius 1 is 0.944 bits per heavy atom. The molecule has 1 heterocycles. The van der Waals surface area contributed by atoms with Crippen molar-refractivity contribution in [2.45, 2.75) is 34.1 Å². The highest BCUT2D eigenvalue weighted by Gasteiger charge is 2.24. The molecule has 0 amide bonds. The summed E-state index contributed by atoms with van der Waals surface area (Å²) < 4.78 is 0. The van der Waals surface area contributed by atoms with Crippen molar-refractivity contribution < 1.29 is 0 Å². The first kappa shape index (κ1) is 15.9. The summed E-state index contributed by atoms with van der Waals surface area (Å²) >= 11 is 0. The van der Waals surface area contributed by atoms with Gasteiger partial charge in [-0.1, -0.05) is 27.7 Å². The standard InChI is InChI=1S/C15H33N3/c1-5-17(6-2)9-8-10-18(7-3)13-15-12-16-11-14(15)4/h14-16H,5-13H2,1-4H3. The van der Waals surface area contributed by atoms with E-state index in [9.17, 15) is 0 Å². The van der Waals surface area contributed by atoms with Gasteiger partial charge in [-0.3, -0.25) is 0 Å². The average molecular weight is 255 g/mol. The van der Waals surface area contributed by atoms with Crippen molar-refractivity contribution in [3.63, 3.8) is 0 Å². The van der Waals surface area contributed by atoms with E-state index >= 15 is 0 Å². The minimum Gasteiger partial charge on any atom is -0.316 e. The van der Waals surface area contributed by atoms with Gasteiger partial charge in [0.1, 0.15) is 0 Å². The topological polar surface area (TPSA) is 18.5 Å². The van der Waals surface area contributed by atoms with E-state index in [1.807, 2.05) is 0 Å². The van der Waals surface area contributed by atoms with Gasteiger partial charge in [0.15, 0.2) is 0 Å². The summed E-state index contributed by atoms with van der Waals surface area (Å²) in [4.78, 5) is 5.16. The molecule has 1 fully saturated rings. The number of nitrogens with zero attached hydrogens (tertiary/aromatic N) is 2. The normalized spacial score (nSPS) is 24.3. The van der Waals surface area contributed by atoms with Gasteiger partial charge in [-0.2, -0.15) is 0 Å². The van der Waals surface area contributed by atoms with Gasteiger partial charge in [-0.25, -0.2) is 0 Å².